The van der Waals surface area contributed by atoms with Gasteiger partial charge in [0, 0.05) is 6.20 Å². The van der Waals surface area contributed by atoms with E-state index in [4.69, 9.17) is 4.74 Å². The largest absolute Gasteiger partial charge is 0.438 e. The van der Waals surface area contributed by atoms with Gasteiger partial charge < -0.3 is 4.74 Å². The summed E-state index contributed by atoms with van der Waals surface area (Å²) in [7, 11) is 0. The molecule has 0 bridgehead atoms. The fourth-order valence-corrected chi connectivity index (χ4v) is 2.11. The summed E-state index contributed by atoms with van der Waals surface area (Å²) in [4.78, 5) is 4.24. The highest BCUT2D eigenvalue weighted by Crippen LogP contribution is 2.30. The number of benzene rings is 1. The molecule has 2 rings (SSSR count). The molecular weight excluding hydrogens is 302 g/mol. The van der Waals surface area contributed by atoms with Gasteiger partial charge in [-0.2, -0.15) is 0 Å². The van der Waals surface area contributed by atoms with Crippen LogP contribution in [0.15, 0.2) is 41.0 Å². The highest BCUT2D eigenvalue weighted by atomic mass is 79.9. The number of nitrogens with zero attached hydrogens (tertiary/aromatic N) is 1. The minimum atomic E-state index is 0.581. The smallest absolute Gasteiger partial charge is 0.233 e. The molecule has 3 heteroatoms. The standard InChI is InChI=1S/C16H18BrNO/c1-4-11(2)13-5-7-14(8-6-13)19-16-15(17)12(3)9-10-18-16/h5-11H,4H2,1-3H3. The zero-order chi connectivity index (χ0) is 13.8. The van der Waals surface area contributed by atoms with E-state index in [2.05, 4.69) is 46.9 Å². The highest BCUT2D eigenvalue weighted by molar-refractivity contribution is 9.10. The van der Waals surface area contributed by atoms with Crippen LogP contribution in [-0.2, 0) is 0 Å². The molecule has 2 aromatic rings. The molecule has 0 fully saturated rings. The summed E-state index contributed by atoms with van der Waals surface area (Å²) in [6, 6.07) is 10.2. The number of pyridine rings is 1. The van der Waals surface area contributed by atoms with Crippen LogP contribution in [0, 0.1) is 6.92 Å². The number of hydrogen-bond acceptors (Lipinski definition) is 2. The van der Waals surface area contributed by atoms with Crippen molar-refractivity contribution in [2.24, 2.45) is 0 Å². The molecule has 100 valence electrons. The predicted octanol–water partition coefficient (Wildman–Crippen LogP) is 5.46. The third-order valence-corrected chi connectivity index (χ3v) is 4.29. The molecule has 0 aliphatic rings. The van der Waals surface area contributed by atoms with E-state index in [0.29, 0.717) is 11.8 Å². The zero-order valence-electron chi connectivity index (χ0n) is 11.5. The Morgan fingerprint density at radius 2 is 1.89 bits per heavy atom. The van der Waals surface area contributed by atoms with Crippen molar-refractivity contribution in [1.29, 1.82) is 0 Å². The van der Waals surface area contributed by atoms with Crippen LogP contribution in [0.5, 0.6) is 11.6 Å². The number of aryl methyl sites for hydroxylation is 1. The van der Waals surface area contributed by atoms with E-state index >= 15 is 0 Å². The van der Waals surface area contributed by atoms with Crippen LogP contribution in [0.25, 0.3) is 0 Å². The Morgan fingerprint density at radius 1 is 1.21 bits per heavy atom. The van der Waals surface area contributed by atoms with Crippen molar-refractivity contribution in [2.45, 2.75) is 33.1 Å². The van der Waals surface area contributed by atoms with Crippen LogP contribution in [0.3, 0.4) is 0 Å². The monoisotopic (exact) mass is 319 g/mol. The molecule has 0 saturated carbocycles. The van der Waals surface area contributed by atoms with Crippen molar-refractivity contribution >= 4 is 15.9 Å². The lowest BCUT2D eigenvalue weighted by molar-refractivity contribution is 0.458. The normalized spacial score (nSPS) is 12.2. The van der Waals surface area contributed by atoms with Gasteiger partial charge in [0.05, 0.1) is 4.47 Å². The Labute approximate surface area is 123 Å². The van der Waals surface area contributed by atoms with E-state index in [0.717, 1.165) is 22.2 Å². The molecule has 0 amide bonds. The molecule has 0 aliphatic heterocycles. The summed E-state index contributed by atoms with van der Waals surface area (Å²) in [5, 5.41) is 0. The van der Waals surface area contributed by atoms with E-state index < -0.39 is 0 Å². The van der Waals surface area contributed by atoms with Gasteiger partial charge in [0.15, 0.2) is 0 Å². The van der Waals surface area contributed by atoms with E-state index in [1.807, 2.05) is 25.1 Å². The van der Waals surface area contributed by atoms with Gasteiger partial charge in [-0.25, -0.2) is 4.98 Å². The van der Waals surface area contributed by atoms with Crippen LogP contribution < -0.4 is 4.74 Å². The third-order valence-electron chi connectivity index (χ3n) is 3.33. The van der Waals surface area contributed by atoms with Crippen molar-refractivity contribution in [3.8, 4) is 11.6 Å². The Balaban J connectivity index is 2.18. The van der Waals surface area contributed by atoms with Crippen molar-refractivity contribution in [1.82, 2.24) is 4.98 Å². The maximum absolute atomic E-state index is 5.80. The zero-order valence-corrected chi connectivity index (χ0v) is 13.1. The first-order chi connectivity index (χ1) is 9.11. The third kappa shape index (κ3) is 3.35. The molecule has 1 aromatic heterocycles. The summed E-state index contributed by atoms with van der Waals surface area (Å²) in [5.74, 6) is 2.00. The van der Waals surface area contributed by atoms with Gasteiger partial charge in [-0.3, -0.25) is 0 Å². The molecule has 1 unspecified atom stereocenters. The van der Waals surface area contributed by atoms with E-state index in [1.165, 1.54) is 5.56 Å². The molecule has 1 aromatic carbocycles. The molecular formula is C16H18BrNO. The Kier molecular flexibility index (Phi) is 4.59. The minimum absolute atomic E-state index is 0.581. The average Bonchev–Trinajstić information content (AvgIpc) is 2.44. The van der Waals surface area contributed by atoms with E-state index in [-0.39, 0.29) is 0 Å². The molecule has 0 aliphatic carbocycles. The average molecular weight is 320 g/mol. The minimum Gasteiger partial charge on any atom is -0.438 e. The molecule has 0 spiro atoms. The first-order valence-corrected chi connectivity index (χ1v) is 7.30. The van der Waals surface area contributed by atoms with Crippen LogP contribution in [0.1, 0.15) is 37.3 Å². The van der Waals surface area contributed by atoms with Crippen LogP contribution >= 0.6 is 15.9 Å². The topological polar surface area (TPSA) is 22.1 Å². The summed E-state index contributed by atoms with van der Waals surface area (Å²) in [6.45, 7) is 6.45. The SMILES string of the molecule is CCC(C)c1ccc(Oc2nccc(C)c2Br)cc1. The van der Waals surface area contributed by atoms with Crippen LogP contribution in [0.4, 0.5) is 0 Å². The van der Waals surface area contributed by atoms with Crippen LogP contribution in [-0.4, -0.2) is 4.98 Å². The maximum atomic E-state index is 5.80. The lowest BCUT2D eigenvalue weighted by Gasteiger charge is -2.11. The lowest BCUT2D eigenvalue weighted by atomic mass is 9.99. The van der Waals surface area contributed by atoms with Crippen molar-refractivity contribution in [2.75, 3.05) is 0 Å². The van der Waals surface area contributed by atoms with Crippen molar-refractivity contribution < 1.29 is 4.74 Å². The van der Waals surface area contributed by atoms with E-state index in [1.54, 1.807) is 6.20 Å². The maximum Gasteiger partial charge on any atom is 0.233 e. The first-order valence-electron chi connectivity index (χ1n) is 6.50. The number of hydrogen-bond donors (Lipinski definition) is 0. The summed E-state index contributed by atoms with van der Waals surface area (Å²) < 4.78 is 6.70. The fraction of sp³-hybridized carbons (Fsp3) is 0.312. The predicted molar refractivity (Wildman–Crippen MR) is 81.9 cm³/mol. The Morgan fingerprint density at radius 3 is 2.53 bits per heavy atom. The summed E-state index contributed by atoms with van der Waals surface area (Å²) >= 11 is 3.50. The fourth-order valence-electron chi connectivity index (χ4n) is 1.80. The summed E-state index contributed by atoms with van der Waals surface area (Å²) in [6.07, 6.45) is 2.90. The van der Waals surface area contributed by atoms with Gasteiger partial charge >= 0.3 is 0 Å². The second-order valence-corrected chi connectivity index (χ2v) is 5.52. The number of aromatic nitrogens is 1. The van der Waals surface area contributed by atoms with Gasteiger partial charge in [0.2, 0.25) is 5.88 Å². The van der Waals surface area contributed by atoms with Gasteiger partial charge in [-0.1, -0.05) is 26.0 Å². The molecule has 0 N–H and O–H groups in total. The quantitative estimate of drug-likeness (QED) is 0.746. The molecule has 1 atom stereocenters. The van der Waals surface area contributed by atoms with Gasteiger partial charge in [-0.15, -0.1) is 0 Å². The number of ether oxygens (including phenoxy) is 1. The van der Waals surface area contributed by atoms with Gasteiger partial charge in [0.25, 0.3) is 0 Å². The van der Waals surface area contributed by atoms with Crippen LogP contribution in [0.2, 0.25) is 0 Å². The molecule has 2 nitrogen and oxygen atoms in total. The molecule has 1 heterocycles. The Bertz CT molecular complexity index is 551. The van der Waals surface area contributed by atoms with Gasteiger partial charge in [-0.05, 0) is 64.5 Å². The van der Waals surface area contributed by atoms with Gasteiger partial charge in [0.1, 0.15) is 5.75 Å². The lowest BCUT2D eigenvalue weighted by Crippen LogP contribution is -1.93. The highest BCUT2D eigenvalue weighted by Gasteiger charge is 2.07. The molecule has 19 heavy (non-hydrogen) atoms. The second-order valence-electron chi connectivity index (χ2n) is 4.73. The number of halogens is 1. The first kappa shape index (κ1) is 14.1. The number of rotatable bonds is 4. The van der Waals surface area contributed by atoms with Crippen molar-refractivity contribution in [3.05, 3.63) is 52.1 Å². The van der Waals surface area contributed by atoms with E-state index in [9.17, 15) is 0 Å². The second kappa shape index (κ2) is 6.20. The summed E-state index contributed by atoms with van der Waals surface area (Å²) in [5.41, 5.74) is 2.45. The molecule has 0 saturated heterocycles. The molecule has 0 radical (unpaired) electrons. The van der Waals surface area contributed by atoms with Crippen molar-refractivity contribution in [3.63, 3.8) is 0 Å². The Hall–Kier alpha value is -1.35.